The first-order valence-corrected chi connectivity index (χ1v) is 7.64. The third kappa shape index (κ3) is 6.36. The van der Waals surface area contributed by atoms with Gasteiger partial charge in [0.1, 0.15) is 0 Å². The lowest BCUT2D eigenvalue weighted by Gasteiger charge is -2.19. The van der Waals surface area contributed by atoms with Crippen molar-refractivity contribution in [2.24, 2.45) is 0 Å². The molecule has 1 atom stereocenters. The lowest BCUT2D eigenvalue weighted by molar-refractivity contribution is 0.0549. The molecule has 0 spiro atoms. The van der Waals surface area contributed by atoms with Crippen LogP contribution in [-0.4, -0.2) is 31.0 Å². The number of aliphatic hydroxyl groups is 1. The summed E-state index contributed by atoms with van der Waals surface area (Å²) in [6.07, 6.45) is 1.69. The first-order chi connectivity index (χ1) is 9.87. The molecule has 1 rings (SSSR count). The Morgan fingerprint density at radius 3 is 2.57 bits per heavy atom. The molecule has 0 aliphatic heterocycles. The molecule has 0 amide bonds. The number of ether oxygens (including phenoxy) is 2. The zero-order valence-electron chi connectivity index (χ0n) is 13.9. The Morgan fingerprint density at radius 1 is 1.29 bits per heavy atom. The number of rotatable bonds is 9. The van der Waals surface area contributed by atoms with E-state index in [4.69, 9.17) is 9.47 Å². The SMILES string of the molecule is CCCNC(C)c1ccc(OCCC(C)(C)O)c(OC)c1. The van der Waals surface area contributed by atoms with Gasteiger partial charge in [-0.3, -0.25) is 0 Å². The van der Waals surface area contributed by atoms with E-state index < -0.39 is 5.60 Å². The van der Waals surface area contributed by atoms with Gasteiger partial charge in [-0.2, -0.15) is 0 Å². The maximum Gasteiger partial charge on any atom is 0.161 e. The summed E-state index contributed by atoms with van der Waals surface area (Å²) < 4.78 is 11.1. The van der Waals surface area contributed by atoms with Gasteiger partial charge in [0.25, 0.3) is 0 Å². The quantitative estimate of drug-likeness (QED) is 0.734. The van der Waals surface area contributed by atoms with Crippen molar-refractivity contribution < 1.29 is 14.6 Å². The van der Waals surface area contributed by atoms with Gasteiger partial charge in [-0.05, 0) is 51.4 Å². The predicted octanol–water partition coefficient (Wildman–Crippen LogP) is 3.30. The maximum atomic E-state index is 9.70. The Labute approximate surface area is 128 Å². The van der Waals surface area contributed by atoms with Crippen molar-refractivity contribution in [2.75, 3.05) is 20.3 Å². The summed E-state index contributed by atoms with van der Waals surface area (Å²) in [4.78, 5) is 0. The first kappa shape index (κ1) is 17.8. The number of benzene rings is 1. The molecule has 4 heteroatoms. The van der Waals surface area contributed by atoms with E-state index in [1.165, 1.54) is 5.56 Å². The van der Waals surface area contributed by atoms with Crippen LogP contribution in [0.4, 0.5) is 0 Å². The molecule has 0 heterocycles. The van der Waals surface area contributed by atoms with Crippen LogP contribution in [0.2, 0.25) is 0 Å². The highest BCUT2D eigenvalue weighted by atomic mass is 16.5. The number of hydrogen-bond acceptors (Lipinski definition) is 4. The summed E-state index contributed by atoms with van der Waals surface area (Å²) in [5, 5.41) is 13.2. The van der Waals surface area contributed by atoms with Gasteiger partial charge in [0.05, 0.1) is 19.3 Å². The summed E-state index contributed by atoms with van der Waals surface area (Å²) in [5.41, 5.74) is 0.460. The lowest BCUT2D eigenvalue weighted by Crippen LogP contribution is -2.22. The van der Waals surface area contributed by atoms with Crippen molar-refractivity contribution in [1.82, 2.24) is 5.32 Å². The Morgan fingerprint density at radius 2 is 2.00 bits per heavy atom. The van der Waals surface area contributed by atoms with Gasteiger partial charge >= 0.3 is 0 Å². The third-order valence-corrected chi connectivity index (χ3v) is 3.36. The fourth-order valence-electron chi connectivity index (χ4n) is 1.96. The van der Waals surface area contributed by atoms with Crippen LogP contribution in [0.3, 0.4) is 0 Å². The fraction of sp³-hybridized carbons (Fsp3) is 0.647. The van der Waals surface area contributed by atoms with E-state index in [2.05, 4.69) is 25.2 Å². The predicted molar refractivity (Wildman–Crippen MR) is 86.1 cm³/mol. The molecular formula is C17H29NO3. The topological polar surface area (TPSA) is 50.7 Å². The standard InChI is InChI=1S/C17H29NO3/c1-6-10-18-13(2)14-7-8-15(16(12-14)20-5)21-11-9-17(3,4)19/h7-8,12-13,18-19H,6,9-11H2,1-5H3. The molecule has 1 aromatic rings. The smallest absolute Gasteiger partial charge is 0.161 e. The zero-order valence-corrected chi connectivity index (χ0v) is 13.9. The van der Waals surface area contributed by atoms with E-state index in [1.807, 2.05) is 12.1 Å². The monoisotopic (exact) mass is 295 g/mol. The van der Waals surface area contributed by atoms with Gasteiger partial charge in [0, 0.05) is 12.5 Å². The summed E-state index contributed by atoms with van der Waals surface area (Å²) in [6.45, 7) is 9.30. The van der Waals surface area contributed by atoms with Crippen molar-refractivity contribution in [1.29, 1.82) is 0 Å². The van der Waals surface area contributed by atoms with Crippen molar-refractivity contribution in [3.8, 4) is 11.5 Å². The van der Waals surface area contributed by atoms with Crippen molar-refractivity contribution in [3.63, 3.8) is 0 Å². The molecule has 0 aromatic heterocycles. The van der Waals surface area contributed by atoms with Gasteiger partial charge in [-0.15, -0.1) is 0 Å². The van der Waals surface area contributed by atoms with Crippen LogP contribution in [0.5, 0.6) is 11.5 Å². The van der Waals surface area contributed by atoms with Gasteiger partial charge in [-0.1, -0.05) is 13.0 Å². The van der Waals surface area contributed by atoms with E-state index in [9.17, 15) is 5.11 Å². The molecule has 0 saturated carbocycles. The van der Waals surface area contributed by atoms with Gasteiger partial charge in [0.15, 0.2) is 11.5 Å². The minimum absolute atomic E-state index is 0.282. The van der Waals surface area contributed by atoms with Crippen molar-refractivity contribution in [2.45, 2.75) is 52.2 Å². The second-order valence-electron chi connectivity index (χ2n) is 6.00. The summed E-state index contributed by atoms with van der Waals surface area (Å²) in [7, 11) is 1.64. The molecule has 1 unspecified atom stereocenters. The molecule has 4 nitrogen and oxygen atoms in total. The maximum absolute atomic E-state index is 9.70. The molecule has 0 aliphatic rings. The van der Waals surface area contributed by atoms with Crippen LogP contribution in [0, 0.1) is 0 Å². The summed E-state index contributed by atoms with van der Waals surface area (Å²) in [5.74, 6) is 1.45. The van der Waals surface area contributed by atoms with Crippen LogP contribution in [0.1, 0.15) is 52.1 Å². The molecule has 120 valence electrons. The van der Waals surface area contributed by atoms with Gasteiger partial charge < -0.3 is 19.9 Å². The zero-order chi connectivity index (χ0) is 15.9. The average molecular weight is 295 g/mol. The summed E-state index contributed by atoms with van der Waals surface area (Å²) in [6, 6.07) is 6.27. The highest BCUT2D eigenvalue weighted by molar-refractivity contribution is 5.43. The molecule has 2 N–H and O–H groups in total. The summed E-state index contributed by atoms with van der Waals surface area (Å²) >= 11 is 0. The van der Waals surface area contributed by atoms with E-state index in [0.717, 1.165) is 18.7 Å². The Bertz CT molecular complexity index is 427. The Hall–Kier alpha value is -1.26. The van der Waals surface area contributed by atoms with Crippen LogP contribution < -0.4 is 14.8 Å². The van der Waals surface area contributed by atoms with Crippen molar-refractivity contribution in [3.05, 3.63) is 23.8 Å². The van der Waals surface area contributed by atoms with Crippen molar-refractivity contribution >= 4 is 0 Å². The minimum atomic E-state index is -0.717. The third-order valence-electron chi connectivity index (χ3n) is 3.36. The molecule has 0 fully saturated rings. The van der Waals surface area contributed by atoms with Crippen LogP contribution in [0.25, 0.3) is 0 Å². The Kier molecular flexibility index (Phi) is 6.99. The van der Waals surface area contributed by atoms with Crippen LogP contribution >= 0.6 is 0 Å². The second kappa shape index (κ2) is 8.25. The van der Waals surface area contributed by atoms with E-state index in [0.29, 0.717) is 18.8 Å². The fourth-order valence-corrected chi connectivity index (χ4v) is 1.96. The van der Waals surface area contributed by atoms with E-state index in [1.54, 1.807) is 21.0 Å². The number of hydrogen-bond donors (Lipinski definition) is 2. The molecular weight excluding hydrogens is 266 g/mol. The molecule has 21 heavy (non-hydrogen) atoms. The largest absolute Gasteiger partial charge is 0.493 e. The highest BCUT2D eigenvalue weighted by Gasteiger charge is 2.14. The Balaban J connectivity index is 2.70. The number of methoxy groups -OCH3 is 1. The normalized spacial score (nSPS) is 13.0. The average Bonchev–Trinajstić information content (AvgIpc) is 2.43. The lowest BCUT2D eigenvalue weighted by atomic mass is 10.1. The van der Waals surface area contributed by atoms with E-state index in [-0.39, 0.29) is 6.04 Å². The molecule has 0 saturated heterocycles. The van der Waals surface area contributed by atoms with Crippen LogP contribution in [0.15, 0.2) is 18.2 Å². The first-order valence-electron chi connectivity index (χ1n) is 7.64. The van der Waals surface area contributed by atoms with Gasteiger partial charge in [-0.25, -0.2) is 0 Å². The molecule has 0 bridgehead atoms. The number of nitrogens with one attached hydrogen (secondary N) is 1. The minimum Gasteiger partial charge on any atom is -0.493 e. The van der Waals surface area contributed by atoms with Crippen LogP contribution in [-0.2, 0) is 0 Å². The van der Waals surface area contributed by atoms with Gasteiger partial charge in [0.2, 0.25) is 0 Å². The molecule has 1 aromatic carbocycles. The molecule has 0 aliphatic carbocycles. The second-order valence-corrected chi connectivity index (χ2v) is 6.00. The van der Waals surface area contributed by atoms with E-state index >= 15 is 0 Å². The molecule has 0 radical (unpaired) electrons. The highest BCUT2D eigenvalue weighted by Crippen LogP contribution is 2.30.